The van der Waals surface area contributed by atoms with Crippen LogP contribution in [0.3, 0.4) is 0 Å². The third-order valence-corrected chi connectivity index (χ3v) is 4.56. The van der Waals surface area contributed by atoms with Gasteiger partial charge < -0.3 is 4.90 Å². The van der Waals surface area contributed by atoms with Gasteiger partial charge in [0, 0.05) is 25.0 Å². The van der Waals surface area contributed by atoms with Crippen molar-refractivity contribution >= 4 is 5.91 Å². The summed E-state index contributed by atoms with van der Waals surface area (Å²) in [5.41, 5.74) is 2.13. The van der Waals surface area contributed by atoms with E-state index in [1.165, 1.54) is 5.56 Å². The van der Waals surface area contributed by atoms with Crippen molar-refractivity contribution in [1.29, 1.82) is 0 Å². The quantitative estimate of drug-likeness (QED) is 0.851. The number of carbonyl (C=O) groups excluding carboxylic acids is 1. The molecule has 0 N–H and O–H groups in total. The molecular formula is C18H25N5O. The Morgan fingerprint density at radius 3 is 2.42 bits per heavy atom. The second-order valence-corrected chi connectivity index (χ2v) is 7.48. The monoisotopic (exact) mass is 327 g/mol. The fourth-order valence-corrected chi connectivity index (χ4v) is 2.96. The predicted molar refractivity (Wildman–Crippen MR) is 91.9 cm³/mol. The zero-order valence-electron chi connectivity index (χ0n) is 14.9. The molecule has 0 unspecified atom stereocenters. The Bertz CT molecular complexity index is 706. The Labute approximate surface area is 142 Å². The first kappa shape index (κ1) is 16.6. The Morgan fingerprint density at radius 2 is 1.88 bits per heavy atom. The maximum Gasteiger partial charge on any atom is 0.293 e. The SMILES string of the molecule is Cc1ccc(C2CCN(C(=O)c3ncn(C(C)(C)C)n3)CC2)cn1. The third-order valence-electron chi connectivity index (χ3n) is 4.56. The summed E-state index contributed by atoms with van der Waals surface area (Å²) in [5, 5.41) is 4.35. The number of likely N-dealkylation sites (tertiary alicyclic amines) is 1. The number of aromatic nitrogens is 4. The summed E-state index contributed by atoms with van der Waals surface area (Å²) in [6.07, 6.45) is 5.51. The first-order chi connectivity index (χ1) is 11.3. The molecular weight excluding hydrogens is 302 g/mol. The number of aryl methyl sites for hydroxylation is 1. The molecule has 1 fully saturated rings. The molecule has 0 aromatic carbocycles. The van der Waals surface area contributed by atoms with E-state index in [1.54, 1.807) is 11.0 Å². The van der Waals surface area contributed by atoms with Gasteiger partial charge in [-0.1, -0.05) is 6.07 Å². The summed E-state index contributed by atoms with van der Waals surface area (Å²) in [6, 6.07) is 4.20. The fraction of sp³-hybridized carbons (Fsp3) is 0.556. The van der Waals surface area contributed by atoms with Crippen molar-refractivity contribution in [3.05, 3.63) is 41.7 Å². The van der Waals surface area contributed by atoms with E-state index >= 15 is 0 Å². The molecule has 1 aliphatic rings. The Kier molecular flexibility index (Phi) is 4.39. The van der Waals surface area contributed by atoms with Crippen molar-refractivity contribution < 1.29 is 4.79 Å². The predicted octanol–water partition coefficient (Wildman–Crippen LogP) is 2.76. The van der Waals surface area contributed by atoms with Crippen molar-refractivity contribution in [2.45, 2.75) is 52.0 Å². The molecule has 1 aliphatic heterocycles. The van der Waals surface area contributed by atoms with Crippen LogP contribution < -0.4 is 0 Å². The van der Waals surface area contributed by atoms with Gasteiger partial charge in [0.25, 0.3) is 5.91 Å². The van der Waals surface area contributed by atoms with Crippen LogP contribution in [0.1, 0.15) is 61.4 Å². The number of rotatable bonds is 2. The lowest BCUT2D eigenvalue weighted by atomic mass is 9.90. The molecule has 3 heterocycles. The molecule has 128 valence electrons. The van der Waals surface area contributed by atoms with E-state index in [0.29, 0.717) is 11.7 Å². The van der Waals surface area contributed by atoms with E-state index in [-0.39, 0.29) is 11.4 Å². The summed E-state index contributed by atoms with van der Waals surface area (Å²) in [7, 11) is 0. The van der Waals surface area contributed by atoms with Crippen molar-refractivity contribution in [2.24, 2.45) is 0 Å². The molecule has 0 spiro atoms. The lowest BCUT2D eigenvalue weighted by Crippen LogP contribution is -2.38. The van der Waals surface area contributed by atoms with Gasteiger partial charge in [0.15, 0.2) is 0 Å². The molecule has 1 amide bonds. The van der Waals surface area contributed by atoms with Gasteiger partial charge in [0.1, 0.15) is 6.33 Å². The van der Waals surface area contributed by atoms with Gasteiger partial charge in [0.2, 0.25) is 5.82 Å². The minimum Gasteiger partial charge on any atom is -0.336 e. The van der Waals surface area contributed by atoms with Crippen molar-refractivity contribution in [2.75, 3.05) is 13.1 Å². The minimum absolute atomic E-state index is 0.0709. The number of hydrogen-bond acceptors (Lipinski definition) is 4. The minimum atomic E-state index is -0.170. The molecule has 6 heteroatoms. The van der Waals surface area contributed by atoms with Gasteiger partial charge in [-0.25, -0.2) is 9.67 Å². The van der Waals surface area contributed by atoms with Crippen LogP contribution in [-0.2, 0) is 5.54 Å². The second kappa shape index (κ2) is 6.34. The van der Waals surface area contributed by atoms with Crippen LogP contribution in [-0.4, -0.2) is 43.6 Å². The summed E-state index contributed by atoms with van der Waals surface area (Å²) >= 11 is 0. The summed E-state index contributed by atoms with van der Waals surface area (Å²) in [6.45, 7) is 9.59. The molecule has 0 radical (unpaired) electrons. The van der Waals surface area contributed by atoms with E-state index in [2.05, 4.69) is 27.2 Å². The molecule has 24 heavy (non-hydrogen) atoms. The molecule has 1 saturated heterocycles. The Hall–Kier alpha value is -2.24. The fourth-order valence-electron chi connectivity index (χ4n) is 2.96. The summed E-state index contributed by atoms with van der Waals surface area (Å²) in [4.78, 5) is 23.0. The van der Waals surface area contributed by atoms with Crippen LogP contribution >= 0.6 is 0 Å². The number of pyridine rings is 1. The highest BCUT2D eigenvalue weighted by Gasteiger charge is 2.27. The Morgan fingerprint density at radius 1 is 1.17 bits per heavy atom. The van der Waals surface area contributed by atoms with E-state index in [1.807, 2.05) is 38.8 Å². The molecule has 0 aliphatic carbocycles. The van der Waals surface area contributed by atoms with Gasteiger partial charge >= 0.3 is 0 Å². The number of amides is 1. The number of nitrogens with zero attached hydrogens (tertiary/aromatic N) is 5. The molecule has 3 rings (SSSR count). The average Bonchev–Trinajstić information content (AvgIpc) is 3.05. The van der Waals surface area contributed by atoms with E-state index < -0.39 is 0 Å². The Balaban J connectivity index is 1.63. The summed E-state index contributed by atoms with van der Waals surface area (Å²) < 4.78 is 1.74. The van der Waals surface area contributed by atoms with Crippen LogP contribution in [0.4, 0.5) is 0 Å². The molecule has 2 aromatic rings. The van der Waals surface area contributed by atoms with Crippen molar-refractivity contribution in [1.82, 2.24) is 24.6 Å². The highest BCUT2D eigenvalue weighted by molar-refractivity contribution is 5.90. The van der Waals surface area contributed by atoms with Crippen LogP contribution in [0, 0.1) is 6.92 Å². The zero-order valence-corrected chi connectivity index (χ0v) is 14.9. The average molecular weight is 327 g/mol. The highest BCUT2D eigenvalue weighted by Crippen LogP contribution is 2.28. The largest absolute Gasteiger partial charge is 0.336 e. The molecule has 6 nitrogen and oxygen atoms in total. The van der Waals surface area contributed by atoms with Crippen molar-refractivity contribution in [3.63, 3.8) is 0 Å². The molecule has 0 saturated carbocycles. The van der Waals surface area contributed by atoms with Gasteiger partial charge in [-0.05, 0) is 58.1 Å². The van der Waals surface area contributed by atoms with Crippen molar-refractivity contribution in [3.8, 4) is 0 Å². The van der Waals surface area contributed by atoms with Gasteiger partial charge in [-0.2, -0.15) is 0 Å². The maximum atomic E-state index is 12.6. The highest BCUT2D eigenvalue weighted by atomic mass is 16.2. The van der Waals surface area contributed by atoms with Crippen LogP contribution in [0.5, 0.6) is 0 Å². The standard InChI is InChI=1S/C18H25N5O/c1-13-5-6-15(11-19-13)14-7-9-22(10-8-14)17(24)16-20-12-23(21-16)18(2,3)4/h5-6,11-12,14H,7-10H2,1-4H3. The van der Waals surface area contributed by atoms with Gasteiger partial charge in [0.05, 0.1) is 5.54 Å². The lowest BCUT2D eigenvalue weighted by Gasteiger charge is -2.31. The molecule has 2 aromatic heterocycles. The lowest BCUT2D eigenvalue weighted by molar-refractivity contribution is 0.0699. The normalized spacial score (nSPS) is 16.4. The van der Waals surface area contributed by atoms with Crippen LogP contribution in [0.2, 0.25) is 0 Å². The van der Waals surface area contributed by atoms with Gasteiger partial charge in [-0.3, -0.25) is 9.78 Å². The first-order valence-electron chi connectivity index (χ1n) is 8.48. The maximum absolute atomic E-state index is 12.6. The number of hydrogen-bond donors (Lipinski definition) is 0. The molecule has 0 bridgehead atoms. The molecule has 0 atom stereocenters. The number of carbonyl (C=O) groups is 1. The summed E-state index contributed by atoms with van der Waals surface area (Å²) in [5.74, 6) is 0.695. The topological polar surface area (TPSA) is 63.9 Å². The number of piperidine rings is 1. The van der Waals surface area contributed by atoms with Gasteiger partial charge in [-0.15, -0.1) is 5.10 Å². The van der Waals surface area contributed by atoms with Crippen LogP contribution in [0.25, 0.3) is 0 Å². The zero-order chi connectivity index (χ0) is 17.3. The first-order valence-corrected chi connectivity index (χ1v) is 8.48. The second-order valence-electron chi connectivity index (χ2n) is 7.48. The van der Waals surface area contributed by atoms with Crippen LogP contribution in [0.15, 0.2) is 24.7 Å². The van der Waals surface area contributed by atoms with E-state index in [4.69, 9.17) is 0 Å². The van der Waals surface area contributed by atoms with E-state index in [9.17, 15) is 4.79 Å². The smallest absolute Gasteiger partial charge is 0.293 e. The van der Waals surface area contributed by atoms with E-state index in [0.717, 1.165) is 31.6 Å². The third kappa shape index (κ3) is 3.47.